The molecule has 12 heavy (non-hydrogen) atoms. The van der Waals surface area contributed by atoms with Gasteiger partial charge in [0.2, 0.25) is 0 Å². The third kappa shape index (κ3) is 16.4. The fraction of sp³-hybridized carbons (Fsp3) is 0.833. The van der Waals surface area contributed by atoms with Crippen LogP contribution in [0.3, 0.4) is 0 Å². The summed E-state index contributed by atoms with van der Waals surface area (Å²) in [5.74, 6) is 0.935. The van der Waals surface area contributed by atoms with Crippen molar-refractivity contribution in [2.45, 2.75) is 60.3 Å². The maximum Gasteiger partial charge on any atom is -0.0353 e. The van der Waals surface area contributed by atoms with Gasteiger partial charge in [-0.25, -0.2) is 0 Å². The highest BCUT2D eigenvalue weighted by molar-refractivity contribution is 4.75. The summed E-state index contributed by atoms with van der Waals surface area (Å²) in [4.78, 5) is 0. The fourth-order valence-corrected chi connectivity index (χ4v) is 0.622. The minimum absolute atomic E-state index is 0.935. The van der Waals surface area contributed by atoms with E-state index in [0.717, 1.165) is 5.92 Å². The van der Waals surface area contributed by atoms with Gasteiger partial charge in [0.05, 0.1) is 0 Å². The summed E-state index contributed by atoms with van der Waals surface area (Å²) in [5, 5.41) is 0. The summed E-state index contributed by atoms with van der Waals surface area (Å²) in [5.41, 5.74) is 0. The highest BCUT2D eigenvalue weighted by Gasteiger charge is 1.88. The van der Waals surface area contributed by atoms with E-state index in [1.165, 1.54) is 25.7 Å². The Bertz CT molecular complexity index is 78.0. The lowest BCUT2D eigenvalue weighted by Crippen LogP contribution is -1.85. The minimum Gasteiger partial charge on any atom is -0.0917 e. The quantitative estimate of drug-likeness (QED) is 0.531. The Morgan fingerprint density at radius 3 is 1.67 bits per heavy atom. The molecule has 0 aliphatic heterocycles. The van der Waals surface area contributed by atoms with E-state index in [1.54, 1.807) is 0 Å². The van der Waals surface area contributed by atoms with E-state index in [4.69, 9.17) is 0 Å². The van der Waals surface area contributed by atoms with Crippen molar-refractivity contribution in [2.75, 3.05) is 0 Å². The lowest BCUT2D eigenvalue weighted by molar-refractivity contribution is 0.544. The molecule has 0 unspecified atom stereocenters. The van der Waals surface area contributed by atoms with Crippen LogP contribution < -0.4 is 0 Å². The third-order valence-electron chi connectivity index (χ3n) is 2.08. The predicted molar refractivity (Wildman–Crippen MR) is 59.5 cm³/mol. The van der Waals surface area contributed by atoms with Crippen molar-refractivity contribution in [3.05, 3.63) is 12.2 Å². The molecule has 0 bridgehead atoms. The average molecular weight is 170 g/mol. The number of allylic oxidation sites excluding steroid dienone is 2. The number of hydrogen-bond acceptors (Lipinski definition) is 0. The Kier molecular flexibility index (Phi) is 15.9. The van der Waals surface area contributed by atoms with Gasteiger partial charge in [-0.2, -0.15) is 0 Å². The van der Waals surface area contributed by atoms with Gasteiger partial charge in [-0.3, -0.25) is 0 Å². The lowest BCUT2D eigenvalue weighted by atomic mass is 10.1. The summed E-state index contributed by atoms with van der Waals surface area (Å²) in [7, 11) is 0. The molecule has 0 N–H and O–H groups in total. The highest BCUT2D eigenvalue weighted by Crippen LogP contribution is 2.02. The molecular weight excluding hydrogens is 144 g/mol. The van der Waals surface area contributed by atoms with Gasteiger partial charge in [-0.15, -0.1) is 0 Å². The van der Waals surface area contributed by atoms with Crippen LogP contribution in [0.4, 0.5) is 0 Å². The zero-order valence-corrected chi connectivity index (χ0v) is 9.56. The SMILES string of the molecule is CC=CCCC.CCC(C)CC. The normalized spacial score (nSPS) is 10.2. The molecule has 0 heterocycles. The van der Waals surface area contributed by atoms with Crippen LogP contribution in [0.2, 0.25) is 0 Å². The number of unbranched alkanes of at least 4 members (excludes halogenated alkanes) is 1. The number of rotatable bonds is 4. The molecule has 0 aromatic rings. The maximum absolute atomic E-state index is 2.28. The molecule has 0 saturated carbocycles. The van der Waals surface area contributed by atoms with Crippen LogP contribution in [0, 0.1) is 5.92 Å². The van der Waals surface area contributed by atoms with Crippen molar-refractivity contribution in [1.29, 1.82) is 0 Å². The summed E-state index contributed by atoms with van der Waals surface area (Å²) in [6, 6.07) is 0. The zero-order valence-electron chi connectivity index (χ0n) is 9.56. The van der Waals surface area contributed by atoms with Gasteiger partial charge >= 0.3 is 0 Å². The molecule has 0 saturated heterocycles. The van der Waals surface area contributed by atoms with E-state index >= 15 is 0 Å². The lowest BCUT2D eigenvalue weighted by Gasteiger charge is -1.98. The topological polar surface area (TPSA) is 0 Å². The van der Waals surface area contributed by atoms with Crippen LogP contribution in [-0.2, 0) is 0 Å². The highest BCUT2D eigenvalue weighted by atomic mass is 13.9. The molecular formula is C12H26. The molecule has 0 nitrogen and oxygen atoms in total. The number of hydrogen-bond donors (Lipinski definition) is 0. The van der Waals surface area contributed by atoms with Crippen LogP contribution in [0.1, 0.15) is 60.3 Å². The molecule has 74 valence electrons. The maximum atomic E-state index is 2.28. The molecule has 0 aromatic carbocycles. The zero-order chi connectivity index (χ0) is 9.82. The second-order valence-electron chi connectivity index (χ2n) is 3.28. The smallest absolute Gasteiger partial charge is 0.0353 e. The molecule has 0 amide bonds. The first-order valence-electron chi connectivity index (χ1n) is 5.33. The fourth-order valence-electron chi connectivity index (χ4n) is 0.622. The second kappa shape index (κ2) is 13.3. The van der Waals surface area contributed by atoms with Crippen molar-refractivity contribution in [3.8, 4) is 0 Å². The molecule has 0 aromatic heterocycles. The summed E-state index contributed by atoms with van der Waals surface area (Å²) in [6.07, 6.45) is 9.43. The Morgan fingerprint density at radius 1 is 1.08 bits per heavy atom. The van der Waals surface area contributed by atoms with Crippen LogP contribution in [0.25, 0.3) is 0 Å². The van der Waals surface area contributed by atoms with E-state index in [9.17, 15) is 0 Å². The van der Waals surface area contributed by atoms with Gasteiger partial charge < -0.3 is 0 Å². The van der Waals surface area contributed by atoms with Crippen LogP contribution in [0.15, 0.2) is 12.2 Å². The van der Waals surface area contributed by atoms with E-state index in [1.807, 2.05) is 0 Å². The van der Waals surface area contributed by atoms with Gasteiger partial charge in [0.25, 0.3) is 0 Å². The molecule has 0 heteroatoms. The van der Waals surface area contributed by atoms with Gasteiger partial charge in [0.15, 0.2) is 0 Å². The Balaban J connectivity index is 0. The Morgan fingerprint density at radius 2 is 1.58 bits per heavy atom. The average Bonchev–Trinajstić information content (AvgIpc) is 2.14. The third-order valence-corrected chi connectivity index (χ3v) is 2.08. The van der Waals surface area contributed by atoms with Crippen molar-refractivity contribution in [3.63, 3.8) is 0 Å². The minimum atomic E-state index is 0.935. The van der Waals surface area contributed by atoms with Crippen molar-refractivity contribution < 1.29 is 0 Å². The van der Waals surface area contributed by atoms with Crippen molar-refractivity contribution in [2.24, 2.45) is 5.92 Å². The molecule has 0 radical (unpaired) electrons. The Labute approximate surface area is 79.1 Å². The molecule has 0 fully saturated rings. The standard InChI is InChI=1S/C6H14.C6H12/c1-4-6(3)5-2;1-3-5-6-4-2/h6H,4-5H2,1-3H3;3,5H,4,6H2,1-2H3. The first kappa shape index (κ1) is 14.3. The largest absolute Gasteiger partial charge is 0.0917 e. The molecule has 0 atom stereocenters. The van der Waals surface area contributed by atoms with Gasteiger partial charge in [0.1, 0.15) is 0 Å². The van der Waals surface area contributed by atoms with Crippen molar-refractivity contribution >= 4 is 0 Å². The first-order valence-corrected chi connectivity index (χ1v) is 5.33. The molecule has 0 aliphatic rings. The predicted octanol–water partition coefficient (Wildman–Crippen LogP) is 4.81. The first-order chi connectivity index (χ1) is 5.72. The summed E-state index contributed by atoms with van der Waals surface area (Å²) >= 11 is 0. The molecule has 0 aliphatic carbocycles. The van der Waals surface area contributed by atoms with E-state index in [2.05, 4.69) is 46.8 Å². The van der Waals surface area contributed by atoms with Gasteiger partial charge in [-0.1, -0.05) is 59.1 Å². The molecule has 0 spiro atoms. The van der Waals surface area contributed by atoms with E-state index < -0.39 is 0 Å². The van der Waals surface area contributed by atoms with E-state index in [-0.39, 0.29) is 0 Å². The van der Waals surface area contributed by atoms with Crippen LogP contribution in [0.5, 0.6) is 0 Å². The Hall–Kier alpha value is -0.260. The van der Waals surface area contributed by atoms with Crippen LogP contribution in [-0.4, -0.2) is 0 Å². The van der Waals surface area contributed by atoms with Crippen LogP contribution >= 0.6 is 0 Å². The van der Waals surface area contributed by atoms with Gasteiger partial charge in [0, 0.05) is 0 Å². The van der Waals surface area contributed by atoms with E-state index in [0.29, 0.717) is 0 Å². The monoisotopic (exact) mass is 170 g/mol. The van der Waals surface area contributed by atoms with Crippen molar-refractivity contribution in [1.82, 2.24) is 0 Å². The molecule has 0 rings (SSSR count). The second-order valence-corrected chi connectivity index (χ2v) is 3.28. The summed E-state index contributed by atoms with van der Waals surface area (Å²) < 4.78 is 0. The summed E-state index contributed by atoms with van der Waals surface area (Å²) in [6.45, 7) is 11.0. The van der Waals surface area contributed by atoms with Gasteiger partial charge in [-0.05, 0) is 19.3 Å².